The Balaban J connectivity index is 2.73. The first-order chi connectivity index (χ1) is 8.06. The quantitative estimate of drug-likeness (QED) is 0.765. The summed E-state index contributed by atoms with van der Waals surface area (Å²) in [6.07, 6.45) is 3.49. The number of nitrogens with zero attached hydrogens (tertiary/aromatic N) is 4. The first kappa shape index (κ1) is 13.1. The summed E-state index contributed by atoms with van der Waals surface area (Å²) in [5.74, 6) is -1.28. The molecule has 0 saturated carbocycles. The monoisotopic (exact) mass is 240 g/mol. The molecule has 0 aliphatic heterocycles. The molecule has 1 rings (SSSR count). The van der Waals surface area contributed by atoms with Crippen LogP contribution in [-0.2, 0) is 9.59 Å². The number of hydrogen-bond acceptors (Lipinski definition) is 4. The van der Waals surface area contributed by atoms with E-state index in [1.165, 1.54) is 22.2 Å². The van der Waals surface area contributed by atoms with Gasteiger partial charge in [0.15, 0.2) is 0 Å². The molecule has 1 heterocycles. The zero-order valence-corrected chi connectivity index (χ0v) is 9.91. The number of rotatable bonds is 6. The van der Waals surface area contributed by atoms with Crippen molar-refractivity contribution in [2.45, 2.75) is 26.3 Å². The summed E-state index contributed by atoms with van der Waals surface area (Å²) in [6.45, 7) is 3.69. The van der Waals surface area contributed by atoms with Crippen LogP contribution in [0.4, 0.5) is 0 Å². The van der Waals surface area contributed by atoms with Crippen molar-refractivity contribution in [3.8, 4) is 0 Å². The van der Waals surface area contributed by atoms with Gasteiger partial charge in [0.25, 0.3) is 0 Å². The van der Waals surface area contributed by atoms with Gasteiger partial charge in [0.1, 0.15) is 25.2 Å². The maximum absolute atomic E-state index is 12.0. The Morgan fingerprint density at radius 3 is 2.71 bits per heavy atom. The van der Waals surface area contributed by atoms with Gasteiger partial charge in [-0.25, -0.2) is 9.67 Å². The SMILES string of the molecule is CCCN(CC(=O)O)C(=O)C(C)n1cncn1. The van der Waals surface area contributed by atoms with Crippen LogP contribution < -0.4 is 0 Å². The molecule has 1 N–H and O–H groups in total. The van der Waals surface area contributed by atoms with E-state index in [2.05, 4.69) is 10.1 Å². The van der Waals surface area contributed by atoms with E-state index in [4.69, 9.17) is 5.11 Å². The van der Waals surface area contributed by atoms with Crippen LogP contribution in [0.25, 0.3) is 0 Å². The summed E-state index contributed by atoms with van der Waals surface area (Å²) in [5.41, 5.74) is 0. The van der Waals surface area contributed by atoms with Gasteiger partial charge < -0.3 is 10.0 Å². The van der Waals surface area contributed by atoms with Gasteiger partial charge in [-0.15, -0.1) is 0 Å². The largest absolute Gasteiger partial charge is 0.480 e. The van der Waals surface area contributed by atoms with E-state index in [-0.39, 0.29) is 12.5 Å². The van der Waals surface area contributed by atoms with E-state index in [0.29, 0.717) is 13.0 Å². The minimum atomic E-state index is -1.02. The Kier molecular flexibility index (Phi) is 4.62. The fourth-order valence-electron chi connectivity index (χ4n) is 1.50. The Hall–Kier alpha value is -1.92. The highest BCUT2D eigenvalue weighted by molar-refractivity contribution is 5.83. The van der Waals surface area contributed by atoms with Crippen LogP contribution in [0.1, 0.15) is 26.3 Å². The molecule has 1 aromatic heterocycles. The van der Waals surface area contributed by atoms with E-state index in [0.717, 1.165) is 0 Å². The molecular formula is C10H16N4O3. The standard InChI is InChI=1S/C10H16N4O3/c1-3-4-13(5-9(15)16)10(17)8(2)14-7-11-6-12-14/h6-8H,3-5H2,1-2H3,(H,15,16). The van der Waals surface area contributed by atoms with E-state index in [1.54, 1.807) is 6.92 Å². The van der Waals surface area contributed by atoms with Crippen LogP contribution in [-0.4, -0.2) is 49.7 Å². The number of amides is 1. The van der Waals surface area contributed by atoms with Gasteiger partial charge in [-0.3, -0.25) is 9.59 Å². The number of carbonyl (C=O) groups is 2. The molecule has 94 valence electrons. The molecule has 1 atom stereocenters. The van der Waals surface area contributed by atoms with Crippen molar-refractivity contribution < 1.29 is 14.7 Å². The summed E-state index contributed by atoms with van der Waals surface area (Å²) in [6, 6.07) is -0.539. The number of carbonyl (C=O) groups excluding carboxylic acids is 1. The average molecular weight is 240 g/mol. The lowest BCUT2D eigenvalue weighted by Crippen LogP contribution is -2.40. The molecule has 0 bridgehead atoms. The van der Waals surface area contributed by atoms with Gasteiger partial charge in [0.2, 0.25) is 5.91 Å². The number of carboxylic acids is 1. The smallest absolute Gasteiger partial charge is 0.323 e. The molecule has 17 heavy (non-hydrogen) atoms. The highest BCUT2D eigenvalue weighted by Crippen LogP contribution is 2.08. The fourth-order valence-corrected chi connectivity index (χ4v) is 1.50. The molecule has 0 saturated heterocycles. The summed E-state index contributed by atoms with van der Waals surface area (Å²) in [5, 5.41) is 12.6. The topological polar surface area (TPSA) is 88.3 Å². The van der Waals surface area contributed by atoms with Gasteiger partial charge in [0.05, 0.1) is 0 Å². The van der Waals surface area contributed by atoms with E-state index in [1.807, 2.05) is 6.92 Å². The number of aromatic nitrogens is 3. The first-order valence-electron chi connectivity index (χ1n) is 5.41. The molecule has 1 aromatic rings. The third kappa shape index (κ3) is 3.54. The van der Waals surface area contributed by atoms with Crippen LogP contribution in [0.3, 0.4) is 0 Å². The Morgan fingerprint density at radius 2 is 2.24 bits per heavy atom. The summed E-state index contributed by atoms with van der Waals surface area (Å²) >= 11 is 0. The van der Waals surface area contributed by atoms with Crippen LogP contribution in [0, 0.1) is 0 Å². The van der Waals surface area contributed by atoms with Crippen LogP contribution in [0.2, 0.25) is 0 Å². The Bertz CT molecular complexity index is 377. The maximum Gasteiger partial charge on any atom is 0.323 e. The molecule has 0 aromatic carbocycles. The number of carboxylic acid groups (broad SMARTS) is 1. The van der Waals surface area contributed by atoms with Crippen molar-refractivity contribution >= 4 is 11.9 Å². The first-order valence-corrected chi connectivity index (χ1v) is 5.41. The lowest BCUT2D eigenvalue weighted by Gasteiger charge is -2.23. The number of aliphatic carboxylic acids is 1. The highest BCUT2D eigenvalue weighted by atomic mass is 16.4. The average Bonchev–Trinajstić information content (AvgIpc) is 2.79. The predicted molar refractivity (Wildman–Crippen MR) is 59.2 cm³/mol. The van der Waals surface area contributed by atoms with Gasteiger partial charge in [-0.05, 0) is 13.3 Å². The zero-order valence-electron chi connectivity index (χ0n) is 9.91. The van der Waals surface area contributed by atoms with Gasteiger partial charge in [-0.1, -0.05) is 6.92 Å². The van der Waals surface area contributed by atoms with Crippen molar-refractivity contribution in [1.82, 2.24) is 19.7 Å². The molecule has 0 fully saturated rings. The normalized spacial score (nSPS) is 12.1. The van der Waals surface area contributed by atoms with Crippen LogP contribution >= 0.6 is 0 Å². The summed E-state index contributed by atoms with van der Waals surface area (Å²) < 4.78 is 1.41. The van der Waals surface area contributed by atoms with Crippen molar-refractivity contribution in [2.24, 2.45) is 0 Å². The molecule has 0 spiro atoms. The summed E-state index contributed by atoms with van der Waals surface area (Å²) in [4.78, 5) is 27.8. The van der Waals surface area contributed by atoms with E-state index in [9.17, 15) is 9.59 Å². The number of hydrogen-bond donors (Lipinski definition) is 1. The van der Waals surface area contributed by atoms with E-state index < -0.39 is 12.0 Å². The fraction of sp³-hybridized carbons (Fsp3) is 0.600. The molecule has 1 unspecified atom stereocenters. The van der Waals surface area contributed by atoms with E-state index >= 15 is 0 Å². The molecule has 1 amide bonds. The minimum Gasteiger partial charge on any atom is -0.480 e. The second-order valence-corrected chi connectivity index (χ2v) is 3.70. The Labute approximate surface area is 99.1 Å². The van der Waals surface area contributed by atoms with Gasteiger partial charge in [0, 0.05) is 6.54 Å². The molecule has 0 aliphatic carbocycles. The van der Waals surface area contributed by atoms with Crippen LogP contribution in [0.5, 0.6) is 0 Å². The summed E-state index contributed by atoms with van der Waals surface area (Å²) in [7, 11) is 0. The second-order valence-electron chi connectivity index (χ2n) is 3.70. The van der Waals surface area contributed by atoms with Crippen molar-refractivity contribution in [1.29, 1.82) is 0 Å². The molecule has 7 nitrogen and oxygen atoms in total. The molecule has 0 radical (unpaired) electrons. The van der Waals surface area contributed by atoms with Gasteiger partial charge >= 0.3 is 5.97 Å². The lowest BCUT2D eigenvalue weighted by molar-refractivity contribution is -0.145. The molecule has 0 aliphatic rings. The van der Waals surface area contributed by atoms with Crippen molar-refractivity contribution in [2.75, 3.05) is 13.1 Å². The second kappa shape index (κ2) is 5.97. The molecule has 7 heteroatoms. The zero-order chi connectivity index (χ0) is 12.8. The van der Waals surface area contributed by atoms with Crippen molar-refractivity contribution in [3.63, 3.8) is 0 Å². The molecular weight excluding hydrogens is 224 g/mol. The lowest BCUT2D eigenvalue weighted by atomic mass is 10.2. The third-order valence-corrected chi connectivity index (χ3v) is 2.32. The third-order valence-electron chi connectivity index (χ3n) is 2.32. The maximum atomic E-state index is 12.0. The van der Waals surface area contributed by atoms with Crippen molar-refractivity contribution in [3.05, 3.63) is 12.7 Å². The minimum absolute atomic E-state index is 0.264. The predicted octanol–water partition coefficient (Wildman–Crippen LogP) is 0.162. The highest BCUT2D eigenvalue weighted by Gasteiger charge is 2.23. The van der Waals surface area contributed by atoms with Crippen LogP contribution in [0.15, 0.2) is 12.7 Å². The Morgan fingerprint density at radius 1 is 1.53 bits per heavy atom. The van der Waals surface area contributed by atoms with Gasteiger partial charge in [-0.2, -0.15) is 5.10 Å².